The average molecular weight is 357 g/mol. The number of hydrogen-bond acceptors (Lipinski definition) is 6. The van der Waals surface area contributed by atoms with Crippen molar-refractivity contribution in [3.63, 3.8) is 0 Å². The van der Waals surface area contributed by atoms with E-state index in [0.29, 0.717) is 6.54 Å². The van der Waals surface area contributed by atoms with Crippen LogP contribution in [-0.2, 0) is 9.53 Å². The lowest BCUT2D eigenvalue weighted by Crippen LogP contribution is -2.31. The van der Waals surface area contributed by atoms with E-state index in [-0.39, 0.29) is 22.9 Å². The summed E-state index contributed by atoms with van der Waals surface area (Å²) < 4.78 is 4.91. The van der Waals surface area contributed by atoms with Gasteiger partial charge in [-0.15, -0.1) is 0 Å². The highest BCUT2D eigenvalue weighted by molar-refractivity contribution is 5.96. The van der Waals surface area contributed by atoms with Crippen LogP contribution < -0.4 is 11.1 Å². The molecule has 0 spiro atoms. The standard InChI is InChI=1S/C18H19N3O5/c1-12(13-5-3-2-4-6-13)10-20-17(22)11-26-18(23)15-8-7-14(21(24)25)9-16(15)19/h2-9,12H,10-11,19H2,1H3,(H,20,22)/t12-/m0/s1. The second-order valence-corrected chi connectivity index (χ2v) is 5.72. The van der Waals surface area contributed by atoms with Gasteiger partial charge < -0.3 is 15.8 Å². The number of anilines is 1. The number of non-ortho nitro benzene ring substituents is 1. The highest BCUT2D eigenvalue weighted by Crippen LogP contribution is 2.20. The quantitative estimate of drug-likeness (QED) is 0.339. The number of rotatable bonds is 7. The van der Waals surface area contributed by atoms with Gasteiger partial charge in [-0.05, 0) is 17.5 Å². The molecule has 2 rings (SSSR count). The molecule has 0 heterocycles. The smallest absolute Gasteiger partial charge is 0.340 e. The molecule has 0 radical (unpaired) electrons. The Kier molecular flexibility index (Phi) is 6.26. The number of hydrogen-bond donors (Lipinski definition) is 2. The number of ether oxygens (including phenoxy) is 1. The normalized spacial score (nSPS) is 11.4. The lowest BCUT2D eigenvalue weighted by molar-refractivity contribution is -0.384. The molecule has 1 amide bonds. The third kappa shape index (κ3) is 5.04. The Morgan fingerprint density at radius 1 is 1.23 bits per heavy atom. The lowest BCUT2D eigenvalue weighted by Gasteiger charge is -2.13. The monoisotopic (exact) mass is 357 g/mol. The topological polar surface area (TPSA) is 125 Å². The van der Waals surface area contributed by atoms with Gasteiger partial charge in [-0.2, -0.15) is 0 Å². The zero-order valence-corrected chi connectivity index (χ0v) is 14.2. The van der Waals surface area contributed by atoms with Gasteiger partial charge in [0.1, 0.15) is 0 Å². The Morgan fingerprint density at radius 3 is 2.54 bits per heavy atom. The van der Waals surface area contributed by atoms with Crippen molar-refractivity contribution >= 4 is 23.3 Å². The van der Waals surface area contributed by atoms with Crippen LogP contribution in [0.1, 0.15) is 28.8 Å². The van der Waals surface area contributed by atoms with Crippen LogP contribution in [0.15, 0.2) is 48.5 Å². The Balaban J connectivity index is 1.83. The molecule has 1 atom stereocenters. The van der Waals surface area contributed by atoms with Crippen molar-refractivity contribution in [1.29, 1.82) is 0 Å². The van der Waals surface area contributed by atoms with Crippen LogP contribution >= 0.6 is 0 Å². The second-order valence-electron chi connectivity index (χ2n) is 5.72. The van der Waals surface area contributed by atoms with Crippen molar-refractivity contribution in [3.05, 3.63) is 69.8 Å². The summed E-state index contributed by atoms with van der Waals surface area (Å²) >= 11 is 0. The van der Waals surface area contributed by atoms with Crippen molar-refractivity contribution in [2.24, 2.45) is 0 Å². The zero-order chi connectivity index (χ0) is 19.1. The first-order valence-corrected chi connectivity index (χ1v) is 7.91. The molecule has 0 aliphatic carbocycles. The first-order valence-electron chi connectivity index (χ1n) is 7.91. The molecular formula is C18H19N3O5. The van der Waals surface area contributed by atoms with Crippen LogP contribution in [0.25, 0.3) is 0 Å². The van der Waals surface area contributed by atoms with Gasteiger partial charge >= 0.3 is 5.97 Å². The molecular weight excluding hydrogens is 338 g/mol. The third-order valence-corrected chi connectivity index (χ3v) is 3.77. The number of nitrogen functional groups attached to an aromatic ring is 1. The van der Waals surface area contributed by atoms with Gasteiger partial charge in [0.25, 0.3) is 11.6 Å². The number of nitrogens with zero attached hydrogens (tertiary/aromatic N) is 1. The number of benzene rings is 2. The van der Waals surface area contributed by atoms with Crippen LogP contribution in [0.4, 0.5) is 11.4 Å². The fraction of sp³-hybridized carbons (Fsp3) is 0.222. The summed E-state index contributed by atoms with van der Waals surface area (Å²) in [4.78, 5) is 33.8. The van der Waals surface area contributed by atoms with E-state index in [9.17, 15) is 19.7 Å². The van der Waals surface area contributed by atoms with E-state index >= 15 is 0 Å². The van der Waals surface area contributed by atoms with Gasteiger partial charge in [0.05, 0.1) is 16.2 Å². The predicted molar refractivity (Wildman–Crippen MR) is 95.7 cm³/mol. The number of nitro groups is 1. The van der Waals surface area contributed by atoms with Crippen LogP contribution in [-0.4, -0.2) is 30.0 Å². The number of amides is 1. The molecule has 0 fully saturated rings. The van der Waals surface area contributed by atoms with E-state index < -0.39 is 23.4 Å². The number of carbonyl (C=O) groups excluding carboxylic acids is 2. The fourth-order valence-corrected chi connectivity index (χ4v) is 2.28. The maximum absolute atomic E-state index is 12.0. The van der Waals surface area contributed by atoms with E-state index in [0.717, 1.165) is 17.7 Å². The first-order chi connectivity index (χ1) is 12.4. The van der Waals surface area contributed by atoms with Crippen molar-refractivity contribution in [1.82, 2.24) is 5.32 Å². The highest BCUT2D eigenvalue weighted by Gasteiger charge is 2.17. The largest absolute Gasteiger partial charge is 0.452 e. The number of nitrogens with one attached hydrogen (secondary N) is 1. The molecule has 0 aliphatic heterocycles. The van der Waals surface area contributed by atoms with Crippen LogP contribution in [0.3, 0.4) is 0 Å². The SMILES string of the molecule is C[C@@H](CNC(=O)COC(=O)c1ccc([N+](=O)[O-])cc1N)c1ccccc1. The second kappa shape index (κ2) is 8.61. The Morgan fingerprint density at radius 2 is 1.92 bits per heavy atom. The Hall–Kier alpha value is -3.42. The summed E-state index contributed by atoms with van der Waals surface area (Å²) in [6, 6.07) is 13.1. The average Bonchev–Trinajstić information content (AvgIpc) is 2.64. The summed E-state index contributed by atoms with van der Waals surface area (Å²) in [6.07, 6.45) is 0. The van der Waals surface area contributed by atoms with Crippen molar-refractivity contribution in [3.8, 4) is 0 Å². The van der Waals surface area contributed by atoms with Gasteiger partial charge in [0.15, 0.2) is 6.61 Å². The molecule has 0 unspecified atom stereocenters. The number of esters is 1. The Labute approximate surface area is 150 Å². The van der Waals surface area contributed by atoms with E-state index in [1.54, 1.807) is 0 Å². The van der Waals surface area contributed by atoms with Crippen molar-refractivity contribution in [2.45, 2.75) is 12.8 Å². The van der Waals surface area contributed by atoms with E-state index in [2.05, 4.69) is 5.32 Å². The van der Waals surface area contributed by atoms with Gasteiger partial charge in [-0.3, -0.25) is 14.9 Å². The van der Waals surface area contributed by atoms with E-state index in [4.69, 9.17) is 10.5 Å². The van der Waals surface area contributed by atoms with Crippen LogP contribution in [0.2, 0.25) is 0 Å². The van der Waals surface area contributed by atoms with Crippen LogP contribution in [0.5, 0.6) is 0 Å². The summed E-state index contributed by atoms with van der Waals surface area (Å²) in [6.45, 7) is 1.91. The van der Waals surface area contributed by atoms with Gasteiger partial charge in [0, 0.05) is 18.7 Å². The van der Waals surface area contributed by atoms with Crippen molar-refractivity contribution < 1.29 is 19.2 Å². The van der Waals surface area contributed by atoms with Crippen LogP contribution in [0, 0.1) is 10.1 Å². The minimum atomic E-state index is -0.816. The van der Waals surface area contributed by atoms with E-state index in [1.807, 2.05) is 37.3 Å². The molecule has 3 N–H and O–H groups in total. The van der Waals surface area contributed by atoms with Gasteiger partial charge in [-0.25, -0.2) is 4.79 Å². The summed E-state index contributed by atoms with van der Waals surface area (Å²) in [5.41, 5.74) is 6.37. The maximum Gasteiger partial charge on any atom is 0.340 e. The lowest BCUT2D eigenvalue weighted by atomic mass is 10.0. The summed E-state index contributed by atoms with van der Waals surface area (Å²) in [5, 5.41) is 13.3. The van der Waals surface area contributed by atoms with Crippen molar-refractivity contribution in [2.75, 3.05) is 18.9 Å². The number of nitro benzene ring substituents is 1. The molecule has 0 bridgehead atoms. The minimum Gasteiger partial charge on any atom is -0.452 e. The first kappa shape index (κ1) is 18.9. The fourth-order valence-electron chi connectivity index (χ4n) is 2.28. The molecule has 136 valence electrons. The van der Waals surface area contributed by atoms with Gasteiger partial charge in [-0.1, -0.05) is 37.3 Å². The van der Waals surface area contributed by atoms with Gasteiger partial charge in [0.2, 0.25) is 0 Å². The molecule has 0 aromatic heterocycles. The molecule has 0 saturated carbocycles. The minimum absolute atomic E-state index is 0.0268. The molecule has 0 aliphatic rings. The predicted octanol–water partition coefficient (Wildman–Crippen LogP) is 2.25. The summed E-state index contributed by atoms with van der Waals surface area (Å²) in [5.74, 6) is -1.15. The molecule has 8 heteroatoms. The Bertz CT molecular complexity index is 808. The highest BCUT2D eigenvalue weighted by atomic mass is 16.6. The third-order valence-electron chi connectivity index (χ3n) is 3.77. The number of carbonyl (C=O) groups is 2. The molecule has 2 aromatic carbocycles. The summed E-state index contributed by atoms with van der Waals surface area (Å²) in [7, 11) is 0. The molecule has 2 aromatic rings. The molecule has 8 nitrogen and oxygen atoms in total. The number of nitrogens with two attached hydrogens (primary N) is 1. The molecule has 26 heavy (non-hydrogen) atoms. The zero-order valence-electron chi connectivity index (χ0n) is 14.2. The maximum atomic E-state index is 12.0. The van der Waals surface area contributed by atoms with E-state index in [1.165, 1.54) is 6.07 Å². The molecule has 0 saturated heterocycles.